The maximum absolute atomic E-state index is 5.53. The fourth-order valence-corrected chi connectivity index (χ4v) is 1.70. The van der Waals surface area contributed by atoms with Crippen molar-refractivity contribution in [3.05, 3.63) is 0 Å². The van der Waals surface area contributed by atoms with Gasteiger partial charge in [-0.15, -0.1) is 0 Å². The van der Waals surface area contributed by atoms with E-state index in [1.54, 1.807) is 0 Å². The average molecular weight is 224 g/mol. The van der Waals surface area contributed by atoms with Crippen molar-refractivity contribution in [2.24, 2.45) is 21.8 Å². The molecule has 0 saturated carbocycles. The first-order valence-corrected chi connectivity index (χ1v) is 5.99. The van der Waals surface area contributed by atoms with E-state index in [0.717, 1.165) is 0 Å². The molecule has 0 spiro atoms. The van der Waals surface area contributed by atoms with E-state index in [0.29, 0.717) is 36.8 Å². The monoisotopic (exact) mass is 224 g/mol. The molecular formula is C12H20N2O2. The second-order valence-electron chi connectivity index (χ2n) is 5.11. The smallest absolute Gasteiger partial charge is 0.273 e. The quantitative estimate of drug-likeness (QED) is 0.734. The molecule has 0 amide bonds. The van der Waals surface area contributed by atoms with Crippen LogP contribution in [0.25, 0.3) is 0 Å². The Kier molecular flexibility index (Phi) is 3.17. The lowest BCUT2D eigenvalue weighted by atomic mass is 10.1. The fraction of sp³-hybridized carbons (Fsp3) is 0.833. The Morgan fingerprint density at radius 3 is 1.50 bits per heavy atom. The van der Waals surface area contributed by atoms with Gasteiger partial charge < -0.3 is 9.47 Å². The molecule has 0 unspecified atom stereocenters. The van der Waals surface area contributed by atoms with Crippen LogP contribution in [-0.4, -0.2) is 37.1 Å². The van der Waals surface area contributed by atoms with Gasteiger partial charge in [-0.3, -0.25) is 0 Å². The van der Waals surface area contributed by atoms with E-state index < -0.39 is 0 Å². The highest BCUT2D eigenvalue weighted by molar-refractivity contribution is 6.36. The van der Waals surface area contributed by atoms with E-state index in [1.807, 2.05) is 0 Å². The van der Waals surface area contributed by atoms with Crippen LogP contribution in [0.1, 0.15) is 27.7 Å². The van der Waals surface area contributed by atoms with Gasteiger partial charge in [-0.2, -0.15) is 0 Å². The zero-order valence-electron chi connectivity index (χ0n) is 10.4. The predicted octanol–water partition coefficient (Wildman–Crippen LogP) is 1.89. The number of nitrogens with zero attached hydrogens (tertiary/aromatic N) is 2. The minimum absolute atomic E-state index is 0.249. The SMILES string of the molecule is CC(C)[C@@H]1COC(C2=N[C@@H](C(C)C)CO2)=N1. The molecule has 0 aromatic carbocycles. The molecule has 4 nitrogen and oxygen atoms in total. The average Bonchev–Trinajstić information content (AvgIpc) is 2.86. The molecule has 2 aliphatic heterocycles. The molecule has 0 saturated heterocycles. The van der Waals surface area contributed by atoms with Crippen molar-refractivity contribution in [1.82, 2.24) is 0 Å². The Morgan fingerprint density at radius 1 is 0.875 bits per heavy atom. The zero-order chi connectivity index (χ0) is 11.7. The van der Waals surface area contributed by atoms with Crippen LogP contribution in [0.15, 0.2) is 9.98 Å². The van der Waals surface area contributed by atoms with E-state index in [1.165, 1.54) is 0 Å². The molecule has 0 aromatic rings. The topological polar surface area (TPSA) is 43.2 Å². The van der Waals surface area contributed by atoms with Crippen LogP contribution in [0.3, 0.4) is 0 Å². The van der Waals surface area contributed by atoms with Crippen LogP contribution >= 0.6 is 0 Å². The van der Waals surface area contributed by atoms with Gasteiger partial charge in [0.05, 0.1) is 12.1 Å². The molecular weight excluding hydrogens is 204 g/mol. The van der Waals surface area contributed by atoms with Crippen LogP contribution in [0.4, 0.5) is 0 Å². The highest BCUT2D eigenvalue weighted by Gasteiger charge is 2.31. The first kappa shape index (κ1) is 11.4. The van der Waals surface area contributed by atoms with Crippen molar-refractivity contribution in [3.63, 3.8) is 0 Å². The third kappa shape index (κ3) is 2.20. The van der Waals surface area contributed by atoms with Crippen LogP contribution in [-0.2, 0) is 9.47 Å². The van der Waals surface area contributed by atoms with Gasteiger partial charge in [0.25, 0.3) is 11.8 Å². The molecule has 4 heteroatoms. The van der Waals surface area contributed by atoms with Gasteiger partial charge in [-0.05, 0) is 11.8 Å². The van der Waals surface area contributed by atoms with Gasteiger partial charge in [-0.25, -0.2) is 9.98 Å². The maximum atomic E-state index is 5.53. The second-order valence-corrected chi connectivity index (χ2v) is 5.11. The highest BCUT2D eigenvalue weighted by Crippen LogP contribution is 2.19. The first-order chi connectivity index (χ1) is 7.58. The van der Waals surface area contributed by atoms with Gasteiger partial charge in [-0.1, -0.05) is 27.7 Å². The summed E-state index contributed by atoms with van der Waals surface area (Å²) in [7, 11) is 0. The molecule has 0 fully saturated rings. The number of hydrogen-bond acceptors (Lipinski definition) is 4. The lowest BCUT2D eigenvalue weighted by Gasteiger charge is -2.06. The fourth-order valence-electron chi connectivity index (χ4n) is 1.70. The Balaban J connectivity index is 2.05. The number of hydrogen-bond donors (Lipinski definition) is 0. The van der Waals surface area contributed by atoms with E-state index >= 15 is 0 Å². The van der Waals surface area contributed by atoms with Gasteiger partial charge in [0.2, 0.25) is 0 Å². The zero-order valence-corrected chi connectivity index (χ0v) is 10.4. The minimum Gasteiger partial charge on any atom is -0.472 e. The molecule has 0 aliphatic carbocycles. The third-order valence-electron chi connectivity index (χ3n) is 3.07. The largest absolute Gasteiger partial charge is 0.472 e. The normalized spacial score (nSPS) is 29.1. The molecule has 0 N–H and O–H groups in total. The van der Waals surface area contributed by atoms with E-state index in [-0.39, 0.29) is 12.1 Å². The van der Waals surface area contributed by atoms with Crippen molar-refractivity contribution >= 4 is 11.8 Å². The van der Waals surface area contributed by atoms with Crippen LogP contribution in [0, 0.1) is 11.8 Å². The molecule has 90 valence electrons. The predicted molar refractivity (Wildman–Crippen MR) is 64.0 cm³/mol. The van der Waals surface area contributed by atoms with Gasteiger partial charge >= 0.3 is 0 Å². The van der Waals surface area contributed by atoms with Gasteiger partial charge in [0.1, 0.15) is 13.2 Å². The van der Waals surface area contributed by atoms with Crippen molar-refractivity contribution in [1.29, 1.82) is 0 Å². The molecule has 0 aromatic heterocycles. The summed E-state index contributed by atoms with van der Waals surface area (Å²) >= 11 is 0. The van der Waals surface area contributed by atoms with E-state index in [9.17, 15) is 0 Å². The number of ether oxygens (including phenoxy) is 2. The highest BCUT2D eigenvalue weighted by atomic mass is 16.5. The summed E-state index contributed by atoms with van der Waals surface area (Å²) in [6.07, 6.45) is 0. The summed E-state index contributed by atoms with van der Waals surface area (Å²) in [5, 5.41) is 0. The number of aliphatic imine (C=N–C) groups is 2. The minimum atomic E-state index is 0.249. The summed E-state index contributed by atoms with van der Waals surface area (Å²) in [5.74, 6) is 2.20. The van der Waals surface area contributed by atoms with Crippen LogP contribution < -0.4 is 0 Å². The van der Waals surface area contributed by atoms with Gasteiger partial charge in [0.15, 0.2) is 0 Å². The Hall–Kier alpha value is -1.06. The van der Waals surface area contributed by atoms with Crippen molar-refractivity contribution in [2.75, 3.05) is 13.2 Å². The Morgan fingerprint density at radius 2 is 1.25 bits per heavy atom. The molecule has 0 bridgehead atoms. The molecule has 2 rings (SSSR count). The van der Waals surface area contributed by atoms with Crippen LogP contribution in [0.5, 0.6) is 0 Å². The van der Waals surface area contributed by atoms with Gasteiger partial charge in [0, 0.05) is 0 Å². The lowest BCUT2D eigenvalue weighted by molar-refractivity contribution is 0.273. The molecule has 2 aliphatic rings. The van der Waals surface area contributed by atoms with Crippen molar-refractivity contribution < 1.29 is 9.47 Å². The van der Waals surface area contributed by atoms with E-state index in [2.05, 4.69) is 37.7 Å². The molecule has 16 heavy (non-hydrogen) atoms. The van der Waals surface area contributed by atoms with Crippen molar-refractivity contribution in [2.45, 2.75) is 39.8 Å². The molecule has 2 atom stereocenters. The molecule has 0 radical (unpaired) electrons. The molecule has 2 heterocycles. The van der Waals surface area contributed by atoms with Crippen LogP contribution in [0.2, 0.25) is 0 Å². The maximum Gasteiger partial charge on any atom is 0.273 e. The first-order valence-electron chi connectivity index (χ1n) is 5.99. The Labute approximate surface area is 96.8 Å². The summed E-state index contributed by atoms with van der Waals surface area (Å²) in [6.45, 7) is 9.90. The number of rotatable bonds is 3. The summed E-state index contributed by atoms with van der Waals surface area (Å²) < 4.78 is 11.1. The lowest BCUT2D eigenvalue weighted by Crippen LogP contribution is -2.15. The van der Waals surface area contributed by atoms with E-state index in [4.69, 9.17) is 9.47 Å². The standard InChI is InChI=1S/C12H20N2O2/c1-7(2)9-5-15-11(13-9)12-14-10(6-16-12)8(3)4/h7-10H,5-6H2,1-4H3/t9-,10+. The third-order valence-corrected chi connectivity index (χ3v) is 3.07. The summed E-state index contributed by atoms with van der Waals surface area (Å²) in [6, 6.07) is 0.499. The Bertz CT molecular complexity index is 289. The van der Waals surface area contributed by atoms with Crippen molar-refractivity contribution in [3.8, 4) is 0 Å². The summed E-state index contributed by atoms with van der Waals surface area (Å²) in [4.78, 5) is 9.00. The second kappa shape index (κ2) is 4.44. The summed E-state index contributed by atoms with van der Waals surface area (Å²) in [5.41, 5.74) is 0.